The molecule has 0 aromatic carbocycles. The van der Waals surface area contributed by atoms with Gasteiger partial charge in [0.1, 0.15) is 12.7 Å². The summed E-state index contributed by atoms with van der Waals surface area (Å²) >= 11 is 0. The van der Waals surface area contributed by atoms with Crippen LogP contribution in [0.15, 0.2) is 12.7 Å². The van der Waals surface area contributed by atoms with Gasteiger partial charge in [0.05, 0.1) is 0 Å². The van der Waals surface area contributed by atoms with Crippen molar-refractivity contribution >= 4 is 0 Å². The van der Waals surface area contributed by atoms with Gasteiger partial charge in [-0.05, 0) is 0 Å². The van der Waals surface area contributed by atoms with Crippen molar-refractivity contribution in [2.24, 2.45) is 5.90 Å². The lowest BCUT2D eigenvalue weighted by Gasteiger charge is -1.89. The van der Waals surface area contributed by atoms with Gasteiger partial charge in [0.15, 0.2) is 0 Å². The molecule has 0 saturated heterocycles. The van der Waals surface area contributed by atoms with Crippen molar-refractivity contribution in [1.29, 1.82) is 0 Å². The lowest BCUT2D eigenvalue weighted by Crippen LogP contribution is -2.05. The van der Waals surface area contributed by atoms with Crippen molar-refractivity contribution < 1.29 is 4.84 Å². The summed E-state index contributed by atoms with van der Waals surface area (Å²) in [6, 6.07) is 0.125. The predicted octanol–water partition coefficient (Wildman–Crippen LogP) is -0.876. The molecule has 0 aliphatic heterocycles. The Labute approximate surface area is 45.5 Å². The van der Waals surface area contributed by atoms with Gasteiger partial charge in [-0.3, -0.25) is 0 Å². The van der Waals surface area contributed by atoms with Crippen LogP contribution in [0.2, 0.25) is 0 Å². The van der Waals surface area contributed by atoms with Crippen molar-refractivity contribution in [3.8, 4) is 6.01 Å². The monoisotopic (exact) mass is 112 g/mol. The fraction of sp³-hybridized carbons (Fsp3) is 0. The molecule has 0 atom stereocenters. The molecule has 1 aromatic rings. The van der Waals surface area contributed by atoms with Crippen LogP contribution < -0.4 is 10.7 Å². The van der Waals surface area contributed by atoms with E-state index in [9.17, 15) is 0 Å². The summed E-state index contributed by atoms with van der Waals surface area (Å²) in [5, 5.41) is 0. The Morgan fingerprint density at radius 3 is 2.38 bits per heavy atom. The zero-order valence-electron chi connectivity index (χ0n) is 3.98. The highest BCUT2D eigenvalue weighted by atomic mass is 16.6. The molecule has 42 valence electrons. The molecule has 0 fully saturated rings. The first kappa shape index (κ1) is 4.92. The summed E-state index contributed by atoms with van der Waals surface area (Å²) in [7, 11) is 0. The van der Waals surface area contributed by atoms with Gasteiger partial charge in [0.25, 0.3) is 0 Å². The molecule has 0 aliphatic carbocycles. The number of hydrogen-bond donors (Lipinski definition) is 1. The van der Waals surface area contributed by atoms with Gasteiger partial charge in [-0.2, -0.15) is 15.9 Å². The molecule has 1 rings (SSSR count). The molecule has 0 radical (unpaired) electrons. The van der Waals surface area contributed by atoms with Gasteiger partial charge in [-0.1, -0.05) is 0 Å². The van der Waals surface area contributed by atoms with Crippen LogP contribution in [0.25, 0.3) is 0 Å². The van der Waals surface area contributed by atoms with Crippen LogP contribution in [0, 0.1) is 0 Å². The minimum Gasteiger partial charge on any atom is -0.371 e. The third kappa shape index (κ3) is 0.881. The van der Waals surface area contributed by atoms with E-state index in [-0.39, 0.29) is 6.01 Å². The molecule has 0 aliphatic rings. The second kappa shape index (κ2) is 2.17. The minimum absolute atomic E-state index is 0.125. The largest absolute Gasteiger partial charge is 0.371 e. The van der Waals surface area contributed by atoms with Crippen molar-refractivity contribution in [1.82, 2.24) is 15.0 Å². The van der Waals surface area contributed by atoms with E-state index in [1.54, 1.807) is 0 Å². The Morgan fingerprint density at radius 1 is 1.38 bits per heavy atom. The molecule has 1 heterocycles. The number of nitrogens with two attached hydrogens (primary N) is 1. The molecule has 0 saturated carbocycles. The third-order valence-corrected chi connectivity index (χ3v) is 0.575. The van der Waals surface area contributed by atoms with Crippen LogP contribution in [0.5, 0.6) is 6.01 Å². The zero-order chi connectivity index (χ0) is 5.82. The van der Waals surface area contributed by atoms with Crippen molar-refractivity contribution in [2.75, 3.05) is 0 Å². The molecular formula is C3H4N4O. The number of rotatable bonds is 1. The summed E-state index contributed by atoms with van der Waals surface area (Å²) in [6.07, 6.45) is 2.60. The lowest BCUT2D eigenvalue weighted by atomic mass is 11.0. The molecule has 5 heteroatoms. The van der Waals surface area contributed by atoms with Crippen LogP contribution >= 0.6 is 0 Å². The van der Waals surface area contributed by atoms with Crippen molar-refractivity contribution in [2.45, 2.75) is 0 Å². The Morgan fingerprint density at radius 2 is 2.00 bits per heavy atom. The van der Waals surface area contributed by atoms with Gasteiger partial charge in [0, 0.05) is 0 Å². The van der Waals surface area contributed by atoms with Crippen LogP contribution in [0.1, 0.15) is 0 Å². The second-order valence-electron chi connectivity index (χ2n) is 1.04. The highest BCUT2D eigenvalue weighted by Gasteiger charge is 1.86. The highest BCUT2D eigenvalue weighted by Crippen LogP contribution is 1.89. The number of nitrogens with zero attached hydrogens (tertiary/aromatic N) is 3. The average Bonchev–Trinajstić information content (AvgIpc) is 1.90. The quantitative estimate of drug-likeness (QED) is 0.478. The molecule has 0 amide bonds. The summed E-state index contributed by atoms with van der Waals surface area (Å²) in [6.45, 7) is 0. The van der Waals surface area contributed by atoms with Gasteiger partial charge in [0.2, 0.25) is 0 Å². The molecule has 5 nitrogen and oxygen atoms in total. The molecular weight excluding hydrogens is 108 g/mol. The lowest BCUT2D eigenvalue weighted by molar-refractivity contribution is 0.305. The Kier molecular flexibility index (Phi) is 1.34. The molecule has 1 aromatic heterocycles. The topological polar surface area (TPSA) is 73.9 Å². The van der Waals surface area contributed by atoms with E-state index in [0.717, 1.165) is 0 Å². The Bertz CT molecular complexity index is 153. The fourth-order valence-electron chi connectivity index (χ4n) is 0.289. The normalized spacial score (nSPS) is 8.62. The van der Waals surface area contributed by atoms with Crippen molar-refractivity contribution in [3.05, 3.63) is 12.7 Å². The number of hydrogen-bond acceptors (Lipinski definition) is 5. The molecule has 0 unspecified atom stereocenters. The van der Waals surface area contributed by atoms with E-state index in [1.165, 1.54) is 12.7 Å². The smallest absolute Gasteiger partial charge is 0.338 e. The SMILES string of the molecule is NOc1ncncn1. The fourth-order valence-corrected chi connectivity index (χ4v) is 0.289. The van der Waals surface area contributed by atoms with Gasteiger partial charge in [-0.25, -0.2) is 4.98 Å². The van der Waals surface area contributed by atoms with Gasteiger partial charge < -0.3 is 4.84 Å². The summed E-state index contributed by atoms with van der Waals surface area (Å²) < 4.78 is 0. The molecule has 2 N–H and O–H groups in total. The maximum absolute atomic E-state index is 4.70. The zero-order valence-corrected chi connectivity index (χ0v) is 3.98. The van der Waals surface area contributed by atoms with E-state index in [2.05, 4.69) is 19.8 Å². The first-order valence-corrected chi connectivity index (χ1v) is 1.92. The minimum atomic E-state index is 0.125. The van der Waals surface area contributed by atoms with Crippen LogP contribution in [-0.2, 0) is 0 Å². The summed E-state index contributed by atoms with van der Waals surface area (Å²) in [5.74, 6) is 4.70. The highest BCUT2D eigenvalue weighted by molar-refractivity contribution is 4.84. The van der Waals surface area contributed by atoms with Gasteiger partial charge >= 0.3 is 6.01 Å². The van der Waals surface area contributed by atoms with Crippen LogP contribution in [-0.4, -0.2) is 15.0 Å². The van der Waals surface area contributed by atoms with E-state index in [4.69, 9.17) is 5.90 Å². The maximum Gasteiger partial charge on any atom is 0.338 e. The van der Waals surface area contributed by atoms with E-state index >= 15 is 0 Å². The van der Waals surface area contributed by atoms with Gasteiger partial charge in [-0.15, -0.1) is 0 Å². The Hall–Kier alpha value is -1.23. The van der Waals surface area contributed by atoms with E-state index in [0.29, 0.717) is 0 Å². The Balaban J connectivity index is 2.83. The second-order valence-corrected chi connectivity index (χ2v) is 1.04. The van der Waals surface area contributed by atoms with E-state index in [1.807, 2.05) is 0 Å². The predicted molar refractivity (Wildman–Crippen MR) is 24.6 cm³/mol. The maximum atomic E-state index is 4.70. The third-order valence-electron chi connectivity index (χ3n) is 0.575. The average molecular weight is 112 g/mol. The molecule has 8 heavy (non-hydrogen) atoms. The van der Waals surface area contributed by atoms with Crippen molar-refractivity contribution in [3.63, 3.8) is 0 Å². The first-order valence-electron chi connectivity index (χ1n) is 1.92. The summed E-state index contributed by atoms with van der Waals surface area (Å²) in [4.78, 5) is 14.7. The first-order chi connectivity index (χ1) is 3.93. The van der Waals surface area contributed by atoms with Crippen LogP contribution in [0.4, 0.5) is 0 Å². The van der Waals surface area contributed by atoms with Crippen LogP contribution in [0.3, 0.4) is 0 Å². The van der Waals surface area contributed by atoms with E-state index < -0.39 is 0 Å². The summed E-state index contributed by atoms with van der Waals surface area (Å²) in [5.41, 5.74) is 0. The standard InChI is InChI=1S/C3H4N4O/c4-8-3-6-1-5-2-7-3/h1-2H,4H2. The molecule has 0 spiro atoms. The molecule has 0 bridgehead atoms. The number of aromatic nitrogens is 3.